The number of esters is 1. The fourth-order valence-electron chi connectivity index (χ4n) is 10.1. The number of carbonyl (C=O) groups excluding carboxylic acids is 2. The minimum atomic E-state index is -0.593. The van der Waals surface area contributed by atoms with Gasteiger partial charge in [0.25, 0.3) is 0 Å². The Morgan fingerprint density at radius 1 is 0.843 bits per heavy atom. The SMILES string of the molecule is CCC1CCC[C@H](OC2CCC(NC)C(C)O2)C(C)C(=O)C2=CC3C(C=CC4C[C@@H](OC5OC(C)C(OC)C(OC)C5OC)CC43)C2CC(=O)O1. The van der Waals surface area contributed by atoms with Crippen molar-refractivity contribution < 1.29 is 47.5 Å². The van der Waals surface area contributed by atoms with Crippen molar-refractivity contribution in [1.82, 2.24) is 5.32 Å². The number of hydrogen-bond donors (Lipinski definition) is 1. The Kier molecular flexibility index (Phi) is 13.1. The van der Waals surface area contributed by atoms with Gasteiger partial charge in [0.05, 0.1) is 30.8 Å². The molecule has 15 unspecified atom stereocenters. The fourth-order valence-corrected chi connectivity index (χ4v) is 10.1. The van der Waals surface area contributed by atoms with Crippen molar-refractivity contribution in [2.24, 2.45) is 35.5 Å². The van der Waals surface area contributed by atoms with Crippen LogP contribution in [0.25, 0.3) is 0 Å². The second-order valence-corrected chi connectivity index (χ2v) is 15.9. The summed E-state index contributed by atoms with van der Waals surface area (Å²) in [6.07, 6.45) is 10.8. The predicted octanol–water partition coefficient (Wildman–Crippen LogP) is 5.15. The Morgan fingerprint density at radius 2 is 1.61 bits per heavy atom. The number of rotatable bonds is 9. The molecule has 0 amide bonds. The van der Waals surface area contributed by atoms with Gasteiger partial charge >= 0.3 is 5.97 Å². The van der Waals surface area contributed by atoms with Crippen molar-refractivity contribution >= 4 is 11.8 Å². The van der Waals surface area contributed by atoms with Crippen molar-refractivity contribution in [3.8, 4) is 0 Å². The highest BCUT2D eigenvalue weighted by molar-refractivity contribution is 5.99. The monoisotopic (exact) mass is 717 g/mol. The molecule has 3 heterocycles. The maximum atomic E-state index is 14.6. The van der Waals surface area contributed by atoms with Crippen LogP contribution in [-0.4, -0.2) is 108 Å². The second kappa shape index (κ2) is 17.2. The quantitative estimate of drug-likeness (QED) is 0.252. The van der Waals surface area contributed by atoms with E-state index >= 15 is 0 Å². The smallest absolute Gasteiger partial charge is 0.306 e. The first kappa shape index (κ1) is 39.0. The Labute approximate surface area is 304 Å². The van der Waals surface area contributed by atoms with Crippen LogP contribution in [0, 0.1) is 35.5 Å². The zero-order valence-corrected chi connectivity index (χ0v) is 32.0. The summed E-state index contributed by atoms with van der Waals surface area (Å²) in [5.74, 6) is 0.0185. The highest BCUT2D eigenvalue weighted by Crippen LogP contribution is 2.54. The van der Waals surface area contributed by atoms with E-state index in [9.17, 15) is 9.59 Å². The first-order valence-corrected chi connectivity index (χ1v) is 19.6. The largest absolute Gasteiger partial charge is 0.462 e. The number of methoxy groups -OCH3 is 3. The van der Waals surface area contributed by atoms with Crippen molar-refractivity contribution in [1.29, 1.82) is 0 Å². The molecule has 3 aliphatic carbocycles. The molecule has 0 bridgehead atoms. The van der Waals surface area contributed by atoms with Crippen LogP contribution in [0.3, 0.4) is 0 Å². The number of hydrogen-bond acceptors (Lipinski definition) is 11. The molecule has 0 spiro atoms. The minimum absolute atomic E-state index is 0.0241. The summed E-state index contributed by atoms with van der Waals surface area (Å²) in [7, 11) is 6.93. The highest BCUT2D eigenvalue weighted by atomic mass is 16.7. The molecule has 3 aliphatic heterocycles. The average molecular weight is 718 g/mol. The number of ether oxygens (including phenoxy) is 8. The number of allylic oxidation sites excluding steroid dienone is 4. The molecular formula is C40H63NO10. The maximum absolute atomic E-state index is 14.6. The molecule has 11 nitrogen and oxygen atoms in total. The summed E-state index contributed by atoms with van der Waals surface area (Å²) in [5.41, 5.74) is 0.761. The van der Waals surface area contributed by atoms with Crippen molar-refractivity contribution in [3.05, 3.63) is 23.8 Å². The third-order valence-electron chi connectivity index (χ3n) is 13.0. The first-order valence-electron chi connectivity index (χ1n) is 19.6. The third kappa shape index (κ3) is 8.21. The van der Waals surface area contributed by atoms with Gasteiger partial charge in [-0.1, -0.05) is 32.1 Å². The normalized spacial score (nSPS) is 46.3. The Morgan fingerprint density at radius 3 is 2.29 bits per heavy atom. The molecule has 0 aromatic rings. The molecule has 1 saturated carbocycles. The van der Waals surface area contributed by atoms with E-state index in [0.717, 1.165) is 50.5 Å². The van der Waals surface area contributed by atoms with Gasteiger partial charge in [-0.2, -0.15) is 0 Å². The highest BCUT2D eigenvalue weighted by Gasteiger charge is 2.52. The molecule has 288 valence electrons. The topological polar surface area (TPSA) is 120 Å². The van der Waals surface area contributed by atoms with Crippen LogP contribution < -0.4 is 5.32 Å². The van der Waals surface area contributed by atoms with Gasteiger partial charge in [-0.3, -0.25) is 9.59 Å². The minimum Gasteiger partial charge on any atom is -0.462 e. The molecule has 1 N–H and O–H groups in total. The predicted molar refractivity (Wildman–Crippen MR) is 190 cm³/mol. The van der Waals surface area contributed by atoms with Crippen molar-refractivity contribution in [2.75, 3.05) is 28.4 Å². The van der Waals surface area contributed by atoms with Crippen LogP contribution in [0.1, 0.15) is 85.5 Å². The summed E-state index contributed by atoms with van der Waals surface area (Å²) in [5, 5.41) is 3.34. The number of Topliss-reactive ketones (excluding diaryl/α,β-unsaturated/α-hetero) is 1. The van der Waals surface area contributed by atoms with Crippen LogP contribution >= 0.6 is 0 Å². The summed E-state index contributed by atoms with van der Waals surface area (Å²) in [6, 6.07) is 0.288. The van der Waals surface area contributed by atoms with Gasteiger partial charge in [0.2, 0.25) is 0 Å². The zero-order valence-electron chi connectivity index (χ0n) is 32.0. The van der Waals surface area contributed by atoms with Crippen molar-refractivity contribution in [2.45, 2.75) is 153 Å². The standard InChI is InChI=1S/C40H63NO10/c1-9-25-11-10-12-33(51-35-16-15-32(41-5)22(3)47-35)21(2)36(43)31-19-29-27(30(31)20-34(42)49-25)14-13-24-17-26(18-28(24)29)50-40-39(46-8)38(45-7)37(44-6)23(4)48-40/h13-14,19,21-30,32-33,35,37-41H,9-12,15-18,20H2,1-8H3/t21?,22?,23?,24?,25?,26-,27?,28?,29?,30?,32?,33+,35?,37?,38?,39?,40?/m1/s1. The molecule has 17 atom stereocenters. The van der Waals surface area contributed by atoms with Gasteiger partial charge in [0.1, 0.15) is 24.4 Å². The molecule has 6 rings (SSSR count). The molecule has 51 heavy (non-hydrogen) atoms. The van der Waals surface area contributed by atoms with Gasteiger partial charge in [-0.05, 0) is 102 Å². The van der Waals surface area contributed by atoms with E-state index in [-0.39, 0.29) is 103 Å². The molecule has 11 heteroatoms. The van der Waals surface area contributed by atoms with Crippen molar-refractivity contribution in [3.63, 3.8) is 0 Å². The number of likely N-dealkylation sites (N-methyl/N-ethyl adjacent to an activating group) is 1. The number of cyclic esters (lactones) is 1. The van der Waals surface area contributed by atoms with Crippen LogP contribution in [0.4, 0.5) is 0 Å². The molecular weight excluding hydrogens is 654 g/mol. The lowest BCUT2D eigenvalue weighted by atomic mass is 9.70. The maximum Gasteiger partial charge on any atom is 0.306 e. The van der Waals surface area contributed by atoms with Gasteiger partial charge in [-0.15, -0.1) is 0 Å². The Hall–Kier alpha value is -1.70. The molecule has 6 aliphatic rings. The lowest BCUT2D eigenvalue weighted by Gasteiger charge is -2.44. The van der Waals surface area contributed by atoms with E-state index in [1.165, 1.54) is 0 Å². The fraction of sp³-hybridized carbons (Fsp3) is 0.850. The second-order valence-electron chi connectivity index (χ2n) is 15.9. The number of fused-ring (bicyclic) bond motifs is 5. The lowest BCUT2D eigenvalue weighted by molar-refractivity contribution is -0.314. The summed E-state index contributed by atoms with van der Waals surface area (Å²) >= 11 is 0. The van der Waals surface area contributed by atoms with E-state index in [1.807, 2.05) is 20.9 Å². The molecule has 3 saturated heterocycles. The molecule has 0 aromatic heterocycles. The number of ketones is 1. The third-order valence-corrected chi connectivity index (χ3v) is 13.0. The van der Waals surface area contributed by atoms with Gasteiger partial charge in [0, 0.05) is 39.2 Å². The van der Waals surface area contributed by atoms with Crippen LogP contribution in [0.15, 0.2) is 23.8 Å². The lowest BCUT2D eigenvalue weighted by Crippen LogP contribution is -2.59. The zero-order chi connectivity index (χ0) is 36.4. The average Bonchev–Trinajstić information content (AvgIpc) is 3.70. The summed E-state index contributed by atoms with van der Waals surface area (Å²) in [6.45, 7) is 8.12. The first-order chi connectivity index (χ1) is 24.6. The van der Waals surface area contributed by atoms with Crippen LogP contribution in [0.2, 0.25) is 0 Å². The van der Waals surface area contributed by atoms with E-state index in [4.69, 9.17) is 37.9 Å². The van der Waals surface area contributed by atoms with E-state index in [1.54, 1.807) is 21.3 Å². The van der Waals surface area contributed by atoms with Crippen LogP contribution in [-0.2, 0) is 47.5 Å². The number of carbonyl (C=O) groups is 2. The molecule has 0 aromatic carbocycles. The number of nitrogens with one attached hydrogen (secondary N) is 1. The molecule has 4 fully saturated rings. The molecule has 0 radical (unpaired) electrons. The Balaban J connectivity index is 1.21. The van der Waals surface area contributed by atoms with E-state index in [0.29, 0.717) is 12.3 Å². The van der Waals surface area contributed by atoms with Crippen LogP contribution in [0.5, 0.6) is 0 Å². The van der Waals surface area contributed by atoms with E-state index < -0.39 is 12.4 Å². The van der Waals surface area contributed by atoms with E-state index in [2.05, 4.69) is 37.4 Å². The van der Waals surface area contributed by atoms with Gasteiger partial charge < -0.3 is 43.2 Å². The summed E-state index contributed by atoms with van der Waals surface area (Å²) in [4.78, 5) is 28.1. The summed E-state index contributed by atoms with van der Waals surface area (Å²) < 4.78 is 49.4. The van der Waals surface area contributed by atoms with Gasteiger partial charge in [0.15, 0.2) is 18.4 Å². The van der Waals surface area contributed by atoms with Gasteiger partial charge in [-0.25, -0.2) is 0 Å². The Bertz CT molecular complexity index is 1260.